The number of likely N-dealkylation sites (tertiary alicyclic amines) is 1. The Labute approximate surface area is 148 Å². The first-order chi connectivity index (χ1) is 11.6. The minimum atomic E-state index is -0.641. The van der Waals surface area contributed by atoms with Crippen molar-refractivity contribution in [3.63, 3.8) is 0 Å². The third kappa shape index (κ3) is 4.62. The van der Waals surface area contributed by atoms with E-state index >= 15 is 0 Å². The maximum absolute atomic E-state index is 12.5. The average molecular weight is 356 g/mol. The second kappa shape index (κ2) is 7.19. The number of esters is 1. The van der Waals surface area contributed by atoms with E-state index in [-0.39, 0.29) is 17.4 Å². The number of nitrogens with zero attached hydrogens (tertiary/aromatic N) is 1. The highest BCUT2D eigenvalue weighted by Crippen LogP contribution is 2.60. The van der Waals surface area contributed by atoms with E-state index < -0.39 is 23.7 Å². The SMILES string of the molecule is COC(=O)[C@@H]1C[C@]2(COCCNC(C)=O)C[C@@H]2N1C(=O)OC(C)(C)C. The quantitative estimate of drug-likeness (QED) is 0.565. The summed E-state index contributed by atoms with van der Waals surface area (Å²) in [5.74, 6) is -0.538. The number of hydrogen-bond donors (Lipinski definition) is 1. The second-order valence-electron chi connectivity index (χ2n) is 7.75. The fourth-order valence-corrected chi connectivity index (χ4v) is 3.33. The van der Waals surface area contributed by atoms with Crippen LogP contribution in [0.3, 0.4) is 0 Å². The Morgan fingerprint density at radius 3 is 2.48 bits per heavy atom. The van der Waals surface area contributed by atoms with Crippen molar-refractivity contribution >= 4 is 18.0 Å². The van der Waals surface area contributed by atoms with Crippen LogP contribution in [0.25, 0.3) is 0 Å². The number of nitrogens with one attached hydrogen (secondary N) is 1. The van der Waals surface area contributed by atoms with Crippen LogP contribution in [0.5, 0.6) is 0 Å². The summed E-state index contributed by atoms with van der Waals surface area (Å²) in [7, 11) is 1.32. The van der Waals surface area contributed by atoms with Gasteiger partial charge in [0.2, 0.25) is 5.91 Å². The van der Waals surface area contributed by atoms with Crippen molar-refractivity contribution in [2.75, 3.05) is 26.9 Å². The number of piperidine rings is 1. The Morgan fingerprint density at radius 1 is 1.24 bits per heavy atom. The lowest BCUT2D eigenvalue weighted by Crippen LogP contribution is -2.46. The molecule has 0 aromatic heterocycles. The molecule has 142 valence electrons. The zero-order valence-electron chi connectivity index (χ0n) is 15.6. The van der Waals surface area contributed by atoms with E-state index in [4.69, 9.17) is 14.2 Å². The van der Waals surface area contributed by atoms with Crippen LogP contribution >= 0.6 is 0 Å². The molecule has 0 unspecified atom stereocenters. The standard InChI is InChI=1S/C17H28N2O6/c1-11(20)18-6-7-24-10-17-8-12(14(21)23-5)19(13(17)9-17)15(22)25-16(2,3)4/h12-13H,6-10H2,1-5H3,(H,18,20)/t12-,13-,17+/m0/s1. The number of amides is 2. The summed E-state index contributed by atoms with van der Waals surface area (Å²) in [5.41, 5.74) is -0.862. The van der Waals surface area contributed by atoms with Gasteiger partial charge >= 0.3 is 12.1 Å². The highest BCUT2D eigenvalue weighted by molar-refractivity contribution is 5.83. The average Bonchev–Trinajstić information content (AvgIpc) is 3.08. The molecule has 0 radical (unpaired) electrons. The Kier molecular flexibility index (Phi) is 5.61. The van der Waals surface area contributed by atoms with E-state index in [0.29, 0.717) is 26.2 Å². The van der Waals surface area contributed by atoms with Crippen LogP contribution in [-0.4, -0.2) is 67.4 Å². The van der Waals surface area contributed by atoms with Gasteiger partial charge in [0.25, 0.3) is 0 Å². The number of carbonyl (C=O) groups is 3. The molecule has 8 heteroatoms. The van der Waals surface area contributed by atoms with Crippen LogP contribution in [0.15, 0.2) is 0 Å². The molecular formula is C17H28N2O6. The van der Waals surface area contributed by atoms with Crippen molar-refractivity contribution in [3.05, 3.63) is 0 Å². The normalized spacial score (nSPS) is 27.5. The van der Waals surface area contributed by atoms with E-state index in [9.17, 15) is 14.4 Å². The number of rotatable bonds is 6. The molecular weight excluding hydrogens is 328 g/mol. The van der Waals surface area contributed by atoms with Crippen molar-refractivity contribution in [1.82, 2.24) is 10.2 Å². The summed E-state index contributed by atoms with van der Waals surface area (Å²) in [6, 6.07) is -0.718. The summed E-state index contributed by atoms with van der Waals surface area (Å²) in [5, 5.41) is 2.66. The van der Waals surface area contributed by atoms with Crippen LogP contribution in [0, 0.1) is 5.41 Å². The van der Waals surface area contributed by atoms with Gasteiger partial charge in [0.05, 0.1) is 20.3 Å². The molecule has 2 aliphatic rings. The Balaban J connectivity index is 1.97. The van der Waals surface area contributed by atoms with Gasteiger partial charge in [0.1, 0.15) is 11.6 Å². The smallest absolute Gasteiger partial charge is 0.411 e. The zero-order valence-corrected chi connectivity index (χ0v) is 15.6. The van der Waals surface area contributed by atoms with Gasteiger partial charge in [-0.15, -0.1) is 0 Å². The molecule has 2 rings (SSSR count). The number of carbonyl (C=O) groups excluding carboxylic acids is 3. The first-order valence-electron chi connectivity index (χ1n) is 8.51. The lowest BCUT2D eigenvalue weighted by molar-refractivity contribution is -0.146. The molecule has 1 N–H and O–H groups in total. The van der Waals surface area contributed by atoms with Crippen molar-refractivity contribution in [1.29, 1.82) is 0 Å². The van der Waals surface area contributed by atoms with Crippen LogP contribution in [0.1, 0.15) is 40.5 Å². The van der Waals surface area contributed by atoms with Gasteiger partial charge in [-0.1, -0.05) is 0 Å². The molecule has 0 aromatic carbocycles. The number of methoxy groups -OCH3 is 1. The minimum Gasteiger partial charge on any atom is -0.467 e. The van der Waals surface area contributed by atoms with E-state index in [2.05, 4.69) is 5.32 Å². The highest BCUT2D eigenvalue weighted by Gasteiger charge is 2.68. The summed E-state index contributed by atoms with van der Waals surface area (Å²) in [6.07, 6.45) is 0.786. The molecule has 2 amide bonds. The molecule has 0 bridgehead atoms. The van der Waals surface area contributed by atoms with Gasteiger partial charge in [0.15, 0.2) is 0 Å². The largest absolute Gasteiger partial charge is 0.467 e. The highest BCUT2D eigenvalue weighted by atomic mass is 16.6. The molecule has 0 spiro atoms. The van der Waals surface area contributed by atoms with Crippen LogP contribution in [-0.2, 0) is 23.8 Å². The monoisotopic (exact) mass is 356 g/mol. The van der Waals surface area contributed by atoms with Gasteiger partial charge in [-0.05, 0) is 33.6 Å². The van der Waals surface area contributed by atoms with Crippen molar-refractivity contribution in [2.24, 2.45) is 5.41 Å². The van der Waals surface area contributed by atoms with Crippen LogP contribution in [0.2, 0.25) is 0 Å². The Morgan fingerprint density at radius 2 is 1.92 bits per heavy atom. The lowest BCUT2D eigenvalue weighted by Gasteiger charge is -2.29. The lowest BCUT2D eigenvalue weighted by atomic mass is 10.0. The number of hydrogen-bond acceptors (Lipinski definition) is 6. The topological polar surface area (TPSA) is 94.2 Å². The molecule has 8 nitrogen and oxygen atoms in total. The van der Waals surface area contributed by atoms with E-state index in [1.54, 1.807) is 20.8 Å². The predicted octanol–water partition coefficient (Wildman–Crippen LogP) is 1.08. The first-order valence-corrected chi connectivity index (χ1v) is 8.51. The summed E-state index contributed by atoms with van der Waals surface area (Å²) in [4.78, 5) is 37.0. The maximum Gasteiger partial charge on any atom is 0.411 e. The second-order valence-corrected chi connectivity index (χ2v) is 7.75. The van der Waals surface area contributed by atoms with Gasteiger partial charge < -0.3 is 19.5 Å². The first kappa shape index (κ1) is 19.5. The fraction of sp³-hybridized carbons (Fsp3) is 0.824. The van der Waals surface area contributed by atoms with Gasteiger partial charge in [0, 0.05) is 24.9 Å². The van der Waals surface area contributed by atoms with Crippen molar-refractivity contribution < 1.29 is 28.6 Å². The molecule has 1 saturated carbocycles. The van der Waals surface area contributed by atoms with Gasteiger partial charge in [-0.2, -0.15) is 0 Å². The molecule has 1 aliphatic heterocycles. The summed E-state index contributed by atoms with van der Waals surface area (Å²) >= 11 is 0. The molecule has 0 aromatic rings. The fourth-order valence-electron chi connectivity index (χ4n) is 3.33. The summed E-state index contributed by atoms with van der Waals surface area (Å²) < 4.78 is 16.0. The Hall–Kier alpha value is -1.83. The predicted molar refractivity (Wildman–Crippen MR) is 88.8 cm³/mol. The number of fused-ring (bicyclic) bond motifs is 1. The molecule has 2 fully saturated rings. The molecule has 1 heterocycles. The number of ether oxygens (including phenoxy) is 3. The van der Waals surface area contributed by atoms with E-state index in [1.165, 1.54) is 18.9 Å². The third-order valence-corrected chi connectivity index (χ3v) is 4.51. The Bertz CT molecular complexity index is 544. The van der Waals surface area contributed by atoms with Crippen molar-refractivity contribution in [3.8, 4) is 0 Å². The maximum atomic E-state index is 12.5. The van der Waals surface area contributed by atoms with Crippen LogP contribution < -0.4 is 5.32 Å². The molecule has 1 aliphatic carbocycles. The van der Waals surface area contributed by atoms with Gasteiger partial charge in [-0.25, -0.2) is 9.59 Å². The molecule has 1 saturated heterocycles. The zero-order chi connectivity index (χ0) is 18.8. The molecule has 25 heavy (non-hydrogen) atoms. The molecule has 3 atom stereocenters. The third-order valence-electron chi connectivity index (χ3n) is 4.51. The minimum absolute atomic E-state index is 0.0767. The summed E-state index contributed by atoms with van der Waals surface area (Å²) in [6.45, 7) is 8.09. The van der Waals surface area contributed by atoms with E-state index in [0.717, 1.165) is 6.42 Å². The van der Waals surface area contributed by atoms with Gasteiger partial charge in [-0.3, -0.25) is 9.69 Å². The van der Waals surface area contributed by atoms with E-state index in [1.807, 2.05) is 0 Å². The van der Waals surface area contributed by atoms with Crippen LogP contribution in [0.4, 0.5) is 4.79 Å². The van der Waals surface area contributed by atoms with Crippen molar-refractivity contribution in [2.45, 2.75) is 58.2 Å².